The standard InChI is InChI=1S/C15H13FN4O/c16-14-4-1-10(5-11(14)7-17)9-20-15(21)6-13(8-18-20)19-12-2-3-12/h1,4-6,8,12,19H,2-3,9H2. The minimum absolute atomic E-state index is 0.0347. The molecule has 1 N–H and O–H groups in total. The highest BCUT2D eigenvalue weighted by molar-refractivity contribution is 5.41. The Bertz CT molecular complexity index is 774. The highest BCUT2D eigenvalue weighted by atomic mass is 19.1. The Balaban J connectivity index is 1.81. The zero-order valence-corrected chi connectivity index (χ0v) is 11.2. The van der Waals surface area contributed by atoms with Gasteiger partial charge in [-0.15, -0.1) is 0 Å². The molecule has 1 aliphatic carbocycles. The lowest BCUT2D eigenvalue weighted by atomic mass is 10.1. The van der Waals surface area contributed by atoms with Crippen molar-refractivity contribution in [3.8, 4) is 6.07 Å². The van der Waals surface area contributed by atoms with Crippen LogP contribution >= 0.6 is 0 Å². The molecular weight excluding hydrogens is 271 g/mol. The molecule has 5 nitrogen and oxygen atoms in total. The molecular formula is C15H13FN4O. The molecule has 106 valence electrons. The van der Waals surface area contributed by atoms with Gasteiger partial charge in [0.25, 0.3) is 5.56 Å². The molecule has 1 aromatic carbocycles. The molecule has 0 saturated heterocycles. The Kier molecular flexibility index (Phi) is 3.40. The Hall–Kier alpha value is -2.68. The van der Waals surface area contributed by atoms with Gasteiger partial charge in [-0.1, -0.05) is 6.07 Å². The van der Waals surface area contributed by atoms with E-state index in [2.05, 4.69) is 10.4 Å². The molecule has 1 aliphatic rings. The van der Waals surface area contributed by atoms with Crippen LogP contribution in [0.2, 0.25) is 0 Å². The van der Waals surface area contributed by atoms with Crippen LogP contribution in [0, 0.1) is 17.1 Å². The van der Waals surface area contributed by atoms with E-state index >= 15 is 0 Å². The van der Waals surface area contributed by atoms with E-state index in [1.54, 1.807) is 18.3 Å². The number of nitriles is 1. The molecule has 1 saturated carbocycles. The van der Waals surface area contributed by atoms with Gasteiger partial charge in [0.15, 0.2) is 0 Å². The summed E-state index contributed by atoms with van der Waals surface area (Å²) in [6.07, 6.45) is 3.85. The first-order valence-electron chi connectivity index (χ1n) is 6.68. The van der Waals surface area contributed by atoms with Crippen molar-refractivity contribution < 1.29 is 4.39 Å². The molecule has 0 amide bonds. The number of benzene rings is 1. The molecule has 0 atom stereocenters. The average Bonchev–Trinajstić information content (AvgIpc) is 3.28. The molecule has 1 heterocycles. The van der Waals surface area contributed by atoms with Gasteiger partial charge in [0, 0.05) is 12.1 Å². The zero-order chi connectivity index (χ0) is 14.8. The van der Waals surface area contributed by atoms with Crippen LogP contribution in [0.4, 0.5) is 10.1 Å². The summed E-state index contributed by atoms with van der Waals surface area (Å²) in [7, 11) is 0. The van der Waals surface area contributed by atoms with Gasteiger partial charge in [0.1, 0.15) is 11.9 Å². The van der Waals surface area contributed by atoms with E-state index in [0.29, 0.717) is 11.6 Å². The highest BCUT2D eigenvalue weighted by Gasteiger charge is 2.21. The SMILES string of the molecule is N#Cc1cc(Cn2ncc(NC3CC3)cc2=O)ccc1F. The predicted molar refractivity (Wildman–Crippen MR) is 75.4 cm³/mol. The number of halogens is 1. The maximum absolute atomic E-state index is 13.3. The fourth-order valence-corrected chi connectivity index (χ4v) is 2.02. The molecule has 0 aliphatic heterocycles. The van der Waals surface area contributed by atoms with E-state index in [4.69, 9.17) is 5.26 Å². The fraction of sp³-hybridized carbons (Fsp3) is 0.267. The second-order valence-electron chi connectivity index (χ2n) is 5.08. The lowest BCUT2D eigenvalue weighted by Crippen LogP contribution is -2.23. The number of anilines is 1. The van der Waals surface area contributed by atoms with Crippen LogP contribution in [0.3, 0.4) is 0 Å². The first kappa shape index (κ1) is 13.3. The van der Waals surface area contributed by atoms with Crippen LogP contribution in [-0.2, 0) is 6.54 Å². The average molecular weight is 284 g/mol. The summed E-state index contributed by atoms with van der Waals surface area (Å²) >= 11 is 0. The van der Waals surface area contributed by atoms with Crippen LogP contribution < -0.4 is 10.9 Å². The third-order valence-electron chi connectivity index (χ3n) is 3.30. The van der Waals surface area contributed by atoms with Crippen LogP contribution in [0.15, 0.2) is 35.3 Å². The van der Waals surface area contributed by atoms with Crippen molar-refractivity contribution in [2.45, 2.75) is 25.4 Å². The first-order valence-corrected chi connectivity index (χ1v) is 6.68. The van der Waals surface area contributed by atoms with Crippen molar-refractivity contribution in [2.75, 3.05) is 5.32 Å². The summed E-state index contributed by atoms with van der Waals surface area (Å²) < 4.78 is 14.5. The van der Waals surface area contributed by atoms with Gasteiger partial charge in [-0.25, -0.2) is 9.07 Å². The molecule has 1 fully saturated rings. The van der Waals surface area contributed by atoms with Gasteiger partial charge in [-0.2, -0.15) is 10.4 Å². The van der Waals surface area contributed by atoms with Crippen molar-refractivity contribution in [1.82, 2.24) is 9.78 Å². The van der Waals surface area contributed by atoms with Gasteiger partial charge >= 0.3 is 0 Å². The number of hydrogen-bond acceptors (Lipinski definition) is 4. The Morgan fingerprint density at radius 1 is 1.43 bits per heavy atom. The lowest BCUT2D eigenvalue weighted by molar-refractivity contribution is 0.615. The highest BCUT2D eigenvalue weighted by Crippen LogP contribution is 2.23. The molecule has 0 bridgehead atoms. The summed E-state index contributed by atoms with van der Waals surface area (Å²) in [5, 5.41) is 16.1. The van der Waals surface area contributed by atoms with Crippen LogP contribution in [0.25, 0.3) is 0 Å². The van der Waals surface area contributed by atoms with Gasteiger partial charge in [-0.3, -0.25) is 4.79 Å². The van der Waals surface area contributed by atoms with Crippen LogP contribution in [-0.4, -0.2) is 15.8 Å². The third kappa shape index (κ3) is 3.08. The van der Waals surface area contributed by atoms with Crippen molar-refractivity contribution in [3.63, 3.8) is 0 Å². The second kappa shape index (κ2) is 5.37. The number of aromatic nitrogens is 2. The van der Waals surface area contributed by atoms with Gasteiger partial charge in [0.2, 0.25) is 0 Å². The second-order valence-corrected chi connectivity index (χ2v) is 5.08. The number of rotatable bonds is 4. The largest absolute Gasteiger partial charge is 0.381 e. The molecule has 0 radical (unpaired) electrons. The summed E-state index contributed by atoms with van der Waals surface area (Å²) in [5.74, 6) is -0.564. The summed E-state index contributed by atoms with van der Waals surface area (Å²) in [6.45, 7) is 0.206. The Morgan fingerprint density at radius 2 is 2.24 bits per heavy atom. The van der Waals surface area contributed by atoms with Crippen molar-refractivity contribution >= 4 is 5.69 Å². The maximum atomic E-state index is 13.3. The molecule has 0 unspecified atom stereocenters. The van der Waals surface area contributed by atoms with Crippen molar-refractivity contribution in [1.29, 1.82) is 5.26 Å². The van der Waals surface area contributed by atoms with E-state index in [1.165, 1.54) is 22.9 Å². The Labute approximate surface area is 120 Å². The first-order chi connectivity index (χ1) is 10.2. The van der Waals surface area contributed by atoms with E-state index < -0.39 is 5.82 Å². The predicted octanol–water partition coefficient (Wildman–Crippen LogP) is 1.88. The Morgan fingerprint density at radius 3 is 2.90 bits per heavy atom. The van der Waals surface area contributed by atoms with E-state index in [9.17, 15) is 9.18 Å². The number of hydrogen-bond donors (Lipinski definition) is 1. The smallest absolute Gasteiger partial charge is 0.269 e. The quantitative estimate of drug-likeness (QED) is 0.930. The van der Waals surface area contributed by atoms with Crippen LogP contribution in [0.5, 0.6) is 0 Å². The third-order valence-corrected chi connectivity index (χ3v) is 3.30. The van der Waals surface area contributed by atoms with Crippen molar-refractivity contribution in [2.24, 2.45) is 0 Å². The van der Waals surface area contributed by atoms with Gasteiger partial charge in [0.05, 0.1) is 24.0 Å². The monoisotopic (exact) mass is 284 g/mol. The van der Waals surface area contributed by atoms with E-state index in [0.717, 1.165) is 18.5 Å². The molecule has 1 aromatic heterocycles. The normalized spacial score (nSPS) is 13.7. The van der Waals surface area contributed by atoms with Gasteiger partial charge in [-0.05, 0) is 30.5 Å². The number of nitrogens with zero attached hydrogens (tertiary/aromatic N) is 3. The molecule has 6 heteroatoms. The van der Waals surface area contributed by atoms with Crippen LogP contribution in [0.1, 0.15) is 24.0 Å². The van der Waals surface area contributed by atoms with Gasteiger partial charge < -0.3 is 5.32 Å². The summed E-state index contributed by atoms with van der Waals surface area (Å²) in [4.78, 5) is 12.0. The van der Waals surface area contributed by atoms with E-state index in [-0.39, 0.29) is 17.7 Å². The lowest BCUT2D eigenvalue weighted by Gasteiger charge is -2.07. The maximum Gasteiger partial charge on any atom is 0.269 e. The zero-order valence-electron chi connectivity index (χ0n) is 11.2. The minimum Gasteiger partial charge on any atom is -0.381 e. The molecule has 2 aromatic rings. The fourth-order valence-electron chi connectivity index (χ4n) is 2.02. The van der Waals surface area contributed by atoms with E-state index in [1.807, 2.05) is 0 Å². The summed E-state index contributed by atoms with van der Waals surface area (Å²) in [5.41, 5.74) is 1.11. The number of nitrogens with one attached hydrogen (secondary N) is 1. The summed E-state index contributed by atoms with van der Waals surface area (Å²) in [6, 6.07) is 7.93. The molecule has 3 rings (SSSR count). The molecule has 0 spiro atoms. The molecule has 21 heavy (non-hydrogen) atoms. The minimum atomic E-state index is -0.564. The van der Waals surface area contributed by atoms with Crippen molar-refractivity contribution in [3.05, 3.63) is 57.8 Å². The topological polar surface area (TPSA) is 70.7 Å².